The van der Waals surface area contributed by atoms with Gasteiger partial charge >= 0.3 is 0 Å². The summed E-state index contributed by atoms with van der Waals surface area (Å²) >= 11 is 9.23. The Morgan fingerprint density at radius 2 is 1.12 bits per heavy atom. The number of amides is 2. The van der Waals surface area contributed by atoms with E-state index in [0.717, 1.165) is 69.3 Å². The van der Waals surface area contributed by atoms with Crippen molar-refractivity contribution in [1.82, 2.24) is 15.2 Å². The molecular weight excluding hydrogens is 1070 g/mol. The van der Waals surface area contributed by atoms with Gasteiger partial charge in [0.15, 0.2) is 10.8 Å². The number of hydrogen-bond donors (Lipinski definition) is 2. The van der Waals surface area contributed by atoms with Gasteiger partial charge in [0.25, 0.3) is 11.8 Å². The zero-order chi connectivity index (χ0) is 55.7. The van der Waals surface area contributed by atoms with Crippen molar-refractivity contribution in [3.63, 3.8) is 0 Å². The summed E-state index contributed by atoms with van der Waals surface area (Å²) < 4.78 is 13.2. The number of benzene rings is 8. The predicted octanol–water partition coefficient (Wildman–Crippen LogP) is 14.0. The molecule has 0 aliphatic carbocycles. The smallest absolute Gasteiger partial charge is 0.276 e. The number of carbonyl (C=O) groups excluding carboxylic acids is 2. The Morgan fingerprint density at radius 1 is 0.659 bits per heavy atom. The van der Waals surface area contributed by atoms with E-state index in [1.165, 1.54) is 11.3 Å². The van der Waals surface area contributed by atoms with E-state index in [4.69, 9.17) is 36.7 Å². The molecule has 82 heavy (non-hydrogen) atoms. The van der Waals surface area contributed by atoms with Gasteiger partial charge in [0.2, 0.25) is 10.7 Å². The van der Waals surface area contributed by atoms with E-state index >= 15 is 9.59 Å². The van der Waals surface area contributed by atoms with Gasteiger partial charge in [0, 0.05) is 34.4 Å². The molecule has 4 heterocycles. The second-order valence-corrected chi connectivity index (χ2v) is 22.8. The number of thioether (sulfide) groups is 1. The van der Waals surface area contributed by atoms with Crippen LogP contribution in [0, 0.1) is 0 Å². The fourth-order valence-electron chi connectivity index (χ4n) is 11.4. The van der Waals surface area contributed by atoms with Gasteiger partial charge in [-0.1, -0.05) is 248 Å². The summed E-state index contributed by atoms with van der Waals surface area (Å²) in [5.74, 6) is -0.417. The Balaban J connectivity index is 0.932. The molecule has 3 aliphatic heterocycles. The van der Waals surface area contributed by atoms with Gasteiger partial charge in [-0.05, 0) is 71.3 Å². The van der Waals surface area contributed by atoms with Crippen LogP contribution in [0.15, 0.2) is 264 Å². The van der Waals surface area contributed by atoms with Crippen molar-refractivity contribution in [3.05, 3.63) is 310 Å². The molecule has 2 unspecified atom stereocenters. The number of rotatable bonds is 19. The van der Waals surface area contributed by atoms with Crippen LogP contribution in [0.25, 0.3) is 0 Å². The largest absolute Gasteiger partial charge is 0.469 e. The highest BCUT2D eigenvalue weighted by Crippen LogP contribution is 2.46. The number of β-lactam (4-membered cyclic amide) rings is 1. The topological polar surface area (TPSA) is 114 Å². The minimum Gasteiger partial charge on any atom is -0.469 e. The van der Waals surface area contributed by atoms with E-state index in [1.807, 2.05) is 206 Å². The van der Waals surface area contributed by atoms with Gasteiger partial charge in [0.05, 0.1) is 11.8 Å². The average Bonchev–Trinajstić information content (AvgIpc) is 3.63. The molecule has 8 aromatic carbocycles. The summed E-state index contributed by atoms with van der Waals surface area (Å²) in [5, 5.41) is 14.0. The number of nitrogens with zero attached hydrogens (tertiary/aromatic N) is 3. The lowest BCUT2D eigenvalue weighted by molar-refractivity contribution is -0.144. The molecule has 3 aliphatic rings. The van der Waals surface area contributed by atoms with Gasteiger partial charge in [0.1, 0.15) is 28.8 Å². The van der Waals surface area contributed by atoms with Crippen LogP contribution in [0.2, 0.25) is 0 Å². The van der Waals surface area contributed by atoms with Crippen molar-refractivity contribution in [2.45, 2.75) is 60.4 Å². The van der Waals surface area contributed by atoms with Crippen LogP contribution in [0.3, 0.4) is 0 Å². The number of thiazole rings is 1. The summed E-state index contributed by atoms with van der Waals surface area (Å²) in [5.41, 5.74) is 6.55. The van der Waals surface area contributed by atoms with E-state index < -0.39 is 34.6 Å². The third-order valence-electron chi connectivity index (χ3n) is 15.4. The summed E-state index contributed by atoms with van der Waals surface area (Å²) in [7, 11) is 0. The molecule has 12 rings (SSSR count). The van der Waals surface area contributed by atoms with Crippen LogP contribution < -0.4 is 10.6 Å². The Labute approximate surface area is 491 Å². The van der Waals surface area contributed by atoms with Crippen molar-refractivity contribution in [3.8, 4) is 0 Å². The third-order valence-corrected chi connectivity index (χ3v) is 17.8. The minimum absolute atomic E-state index is 0.0195. The van der Waals surface area contributed by atoms with Gasteiger partial charge in [-0.25, -0.2) is 4.98 Å². The molecular formula is C69H59N5O5S3. The van der Waals surface area contributed by atoms with E-state index in [9.17, 15) is 0 Å². The zero-order valence-electron chi connectivity index (χ0n) is 44.8. The van der Waals surface area contributed by atoms with Crippen LogP contribution in [-0.2, 0) is 35.0 Å². The normalized spacial score (nSPS) is 17.3. The molecule has 0 bridgehead atoms. The lowest BCUT2D eigenvalue weighted by atomic mass is 9.77. The first-order valence-electron chi connectivity index (χ1n) is 27.6. The lowest BCUT2D eigenvalue weighted by Crippen LogP contribution is -2.71. The van der Waals surface area contributed by atoms with Crippen LogP contribution in [0.4, 0.5) is 5.13 Å². The van der Waals surface area contributed by atoms with Crippen molar-refractivity contribution >= 4 is 63.0 Å². The molecule has 9 aromatic rings. The first-order valence-corrected chi connectivity index (χ1v) is 30.0. The highest BCUT2D eigenvalue weighted by atomic mass is 32.2. The van der Waals surface area contributed by atoms with Crippen LogP contribution in [0.5, 0.6) is 0 Å². The molecule has 2 N–H and O–H groups in total. The van der Waals surface area contributed by atoms with E-state index in [-0.39, 0.29) is 28.5 Å². The zero-order valence-corrected chi connectivity index (χ0v) is 47.3. The third kappa shape index (κ3) is 10.9. The van der Waals surface area contributed by atoms with E-state index in [0.29, 0.717) is 29.6 Å². The molecule has 1 aromatic heterocycles. The molecule has 2 fully saturated rings. The second kappa shape index (κ2) is 24.7. The summed E-state index contributed by atoms with van der Waals surface area (Å²) in [6.45, 7) is 0.687. The van der Waals surface area contributed by atoms with E-state index in [1.54, 1.807) is 22.0 Å². The average molecular weight is 1130 g/mol. The molecule has 13 heteroatoms. The van der Waals surface area contributed by atoms with Crippen molar-refractivity contribution in [2.24, 2.45) is 5.16 Å². The Bertz CT molecular complexity index is 3450. The SMILES string of the molecule is O=C(NC1C(=O)N2C(C(=S)OC(c3ccccc3)c3ccccc3)=C(CC3CCCCO3)CS[C@H]12)/C(=N/OC(c1ccccc1)(c1ccccc1)c1ccccc1)c1csc(NC(c2ccccc2)(c2ccccc2)c2ccccc2)n1. The van der Waals surface area contributed by atoms with Gasteiger partial charge in [-0.3, -0.25) is 14.5 Å². The second-order valence-electron chi connectivity index (χ2n) is 20.4. The number of ether oxygens (including phenoxy) is 2. The summed E-state index contributed by atoms with van der Waals surface area (Å²) in [4.78, 5) is 44.8. The fraction of sp³-hybridized carbons (Fsp3) is 0.174. The number of anilines is 1. The first kappa shape index (κ1) is 54.1. The fourth-order valence-corrected chi connectivity index (χ4v) is 13.9. The standard InChI is InChI=1S/C69H59N5O5S3/c75-63(71-60-64(76)74-61(50(46-81-65(60)74)45-57-43-25-26-44-77-57)66(80)78-62(48-27-9-1-10-28-48)49-29-11-2-12-30-49)59(73-79-69(54-37-19-6-20-38-54,55-39-21-7-22-40-55)56-41-23-8-24-42-56)58-47-82-67(70-58)72-68(51-31-13-3-14-32-51,52-33-15-4-16-34-52)53-35-17-5-18-36-53/h1-24,27-42,47,57,60,62,65H,25-26,43-46H2,(H,70,72)(H,71,75)/b73-59+/t57?,60?,65-/m1/s1. The number of oxime groups is 1. The molecule has 3 atom stereocenters. The Hall–Kier alpha value is -8.46. The number of nitrogens with one attached hydrogen (secondary N) is 2. The Morgan fingerprint density at radius 3 is 1.59 bits per heavy atom. The summed E-state index contributed by atoms with van der Waals surface area (Å²) in [6, 6.07) is 79.3. The van der Waals surface area contributed by atoms with Crippen molar-refractivity contribution in [2.75, 3.05) is 17.7 Å². The van der Waals surface area contributed by atoms with E-state index in [2.05, 4.69) is 47.0 Å². The summed E-state index contributed by atoms with van der Waals surface area (Å²) in [6.07, 6.45) is 3.02. The maximum atomic E-state index is 15.6. The number of fused-ring (bicyclic) bond motifs is 1. The number of carbonyl (C=O) groups is 2. The molecule has 2 saturated heterocycles. The molecule has 0 saturated carbocycles. The first-order chi connectivity index (χ1) is 40.4. The molecule has 0 spiro atoms. The molecule has 10 nitrogen and oxygen atoms in total. The highest BCUT2D eigenvalue weighted by molar-refractivity contribution is 8.00. The van der Waals surface area contributed by atoms with Gasteiger partial charge < -0.3 is 24.9 Å². The van der Waals surface area contributed by atoms with Crippen LogP contribution in [0.1, 0.15) is 82.0 Å². The van der Waals surface area contributed by atoms with Gasteiger partial charge in [-0.15, -0.1) is 23.1 Å². The van der Waals surface area contributed by atoms with Gasteiger partial charge in [-0.2, -0.15) is 0 Å². The van der Waals surface area contributed by atoms with Crippen LogP contribution in [-0.4, -0.2) is 62.3 Å². The number of thiocarbonyl (C=S) groups is 1. The van der Waals surface area contributed by atoms with Crippen LogP contribution >= 0.6 is 35.3 Å². The number of hydrogen-bond acceptors (Lipinski definition) is 11. The monoisotopic (exact) mass is 1130 g/mol. The maximum Gasteiger partial charge on any atom is 0.276 e. The predicted molar refractivity (Wildman–Crippen MR) is 330 cm³/mol. The molecule has 2 amide bonds. The molecule has 0 radical (unpaired) electrons. The minimum atomic E-state index is -1.34. The van der Waals surface area contributed by atoms with Crippen molar-refractivity contribution in [1.29, 1.82) is 0 Å². The van der Waals surface area contributed by atoms with Crippen molar-refractivity contribution < 1.29 is 23.9 Å². The Kier molecular flexibility index (Phi) is 16.3. The highest BCUT2D eigenvalue weighted by Gasteiger charge is 2.54. The maximum absolute atomic E-state index is 15.6. The molecule has 408 valence electrons. The number of aromatic nitrogens is 1. The quantitative estimate of drug-likeness (QED) is 0.0269. The lowest BCUT2D eigenvalue weighted by Gasteiger charge is -2.50.